The number of nitrogens with zero attached hydrogens (tertiary/aromatic N) is 2. The van der Waals surface area contributed by atoms with E-state index in [2.05, 4.69) is 24.1 Å². The van der Waals surface area contributed by atoms with Crippen LogP contribution in [0.25, 0.3) is 0 Å². The Morgan fingerprint density at radius 3 is 2.75 bits per heavy atom. The molecule has 1 aliphatic heterocycles. The normalized spacial score (nSPS) is 24.8. The molecule has 3 rings (SSSR count). The van der Waals surface area contributed by atoms with Gasteiger partial charge in [0.15, 0.2) is 0 Å². The molecule has 24 heavy (non-hydrogen) atoms. The van der Waals surface area contributed by atoms with Gasteiger partial charge in [0, 0.05) is 31.4 Å². The van der Waals surface area contributed by atoms with Crippen LogP contribution in [0.5, 0.6) is 0 Å². The fourth-order valence-electron chi connectivity index (χ4n) is 3.66. The zero-order chi connectivity index (χ0) is 17.1. The van der Waals surface area contributed by atoms with Gasteiger partial charge in [-0.3, -0.25) is 14.6 Å². The van der Waals surface area contributed by atoms with Gasteiger partial charge in [-0.05, 0) is 43.2 Å². The molecule has 0 bridgehead atoms. The SMILES string of the molecule is CC(C)CN1C(=O)CC[C@@H](C(=O)NC2CCC2)[C@@H]1c1cccnc1. The number of amides is 2. The molecule has 0 aromatic carbocycles. The van der Waals surface area contributed by atoms with Crippen LogP contribution in [0.15, 0.2) is 24.5 Å². The van der Waals surface area contributed by atoms with Gasteiger partial charge < -0.3 is 10.2 Å². The highest BCUT2D eigenvalue weighted by molar-refractivity contribution is 5.85. The van der Waals surface area contributed by atoms with Crippen molar-refractivity contribution in [1.82, 2.24) is 15.2 Å². The van der Waals surface area contributed by atoms with E-state index in [1.165, 1.54) is 6.42 Å². The first-order valence-electron chi connectivity index (χ1n) is 9.06. The maximum absolute atomic E-state index is 12.9. The molecule has 2 aliphatic rings. The Balaban J connectivity index is 1.87. The monoisotopic (exact) mass is 329 g/mol. The molecule has 2 amide bonds. The summed E-state index contributed by atoms with van der Waals surface area (Å²) in [5.74, 6) is 0.410. The Labute approximate surface area is 143 Å². The first kappa shape index (κ1) is 16.9. The molecule has 1 aromatic heterocycles. The smallest absolute Gasteiger partial charge is 0.225 e. The minimum absolute atomic E-state index is 0.0924. The largest absolute Gasteiger partial charge is 0.353 e. The maximum Gasteiger partial charge on any atom is 0.225 e. The standard InChI is InChI=1S/C19H27N3O2/c1-13(2)12-22-17(23)9-8-16(19(24)21-15-6-3-7-15)18(22)14-5-4-10-20-11-14/h4-5,10-11,13,15-16,18H,3,6-9,12H2,1-2H3,(H,21,24)/t16-,18+/m1/s1. The van der Waals surface area contributed by atoms with Crippen LogP contribution in [0.4, 0.5) is 0 Å². The highest BCUT2D eigenvalue weighted by Gasteiger charge is 2.41. The highest BCUT2D eigenvalue weighted by atomic mass is 16.2. The molecule has 5 nitrogen and oxygen atoms in total. The van der Waals surface area contributed by atoms with Gasteiger partial charge in [0.2, 0.25) is 11.8 Å². The van der Waals surface area contributed by atoms with Crippen LogP contribution in [0.3, 0.4) is 0 Å². The van der Waals surface area contributed by atoms with Crippen LogP contribution < -0.4 is 5.32 Å². The van der Waals surface area contributed by atoms with Crippen LogP contribution in [0.1, 0.15) is 57.6 Å². The van der Waals surface area contributed by atoms with Crippen molar-refractivity contribution in [2.75, 3.05) is 6.54 Å². The van der Waals surface area contributed by atoms with Crippen molar-refractivity contribution >= 4 is 11.8 Å². The number of aromatic nitrogens is 1. The van der Waals surface area contributed by atoms with Gasteiger partial charge in [0.25, 0.3) is 0 Å². The van der Waals surface area contributed by atoms with Gasteiger partial charge in [0.05, 0.1) is 12.0 Å². The third-order valence-corrected chi connectivity index (χ3v) is 5.08. The summed E-state index contributed by atoms with van der Waals surface area (Å²) in [5.41, 5.74) is 0.958. The fraction of sp³-hybridized carbons (Fsp3) is 0.632. The van der Waals surface area contributed by atoms with Crippen molar-refractivity contribution in [3.8, 4) is 0 Å². The molecule has 1 saturated heterocycles. The second-order valence-corrected chi connectivity index (χ2v) is 7.45. The van der Waals surface area contributed by atoms with E-state index >= 15 is 0 Å². The molecule has 2 atom stereocenters. The lowest BCUT2D eigenvalue weighted by Crippen LogP contribution is -2.51. The number of piperidine rings is 1. The van der Waals surface area contributed by atoms with Crippen molar-refractivity contribution in [3.05, 3.63) is 30.1 Å². The summed E-state index contributed by atoms with van der Waals surface area (Å²) in [4.78, 5) is 31.5. The van der Waals surface area contributed by atoms with Gasteiger partial charge in [-0.15, -0.1) is 0 Å². The van der Waals surface area contributed by atoms with Crippen molar-refractivity contribution in [2.45, 2.75) is 58.0 Å². The Kier molecular flexibility index (Phi) is 5.17. The van der Waals surface area contributed by atoms with E-state index in [0.717, 1.165) is 18.4 Å². The number of nitrogens with one attached hydrogen (secondary N) is 1. The first-order valence-corrected chi connectivity index (χ1v) is 9.06. The van der Waals surface area contributed by atoms with E-state index in [9.17, 15) is 9.59 Å². The molecule has 2 fully saturated rings. The minimum atomic E-state index is -0.206. The molecule has 2 heterocycles. The lowest BCUT2D eigenvalue weighted by Gasteiger charge is -2.42. The lowest BCUT2D eigenvalue weighted by atomic mass is 9.82. The number of hydrogen-bond donors (Lipinski definition) is 1. The summed E-state index contributed by atoms with van der Waals surface area (Å²) >= 11 is 0. The van der Waals surface area contributed by atoms with Crippen molar-refractivity contribution in [3.63, 3.8) is 0 Å². The van der Waals surface area contributed by atoms with Crippen LogP contribution in [-0.2, 0) is 9.59 Å². The highest BCUT2D eigenvalue weighted by Crippen LogP contribution is 2.37. The third kappa shape index (κ3) is 3.60. The maximum atomic E-state index is 12.9. The number of pyridine rings is 1. The van der Waals surface area contributed by atoms with Crippen molar-refractivity contribution < 1.29 is 9.59 Å². The minimum Gasteiger partial charge on any atom is -0.353 e. The molecule has 5 heteroatoms. The predicted octanol–water partition coefficient (Wildman–Crippen LogP) is 2.69. The average Bonchev–Trinajstić information content (AvgIpc) is 2.53. The van der Waals surface area contributed by atoms with Crippen LogP contribution in [-0.4, -0.2) is 34.3 Å². The molecule has 0 radical (unpaired) electrons. The number of carbonyl (C=O) groups is 2. The number of likely N-dealkylation sites (tertiary alicyclic amines) is 1. The lowest BCUT2D eigenvalue weighted by molar-refractivity contribution is -0.144. The van der Waals surface area contributed by atoms with Gasteiger partial charge in [-0.1, -0.05) is 19.9 Å². The number of carbonyl (C=O) groups excluding carboxylic acids is 2. The quantitative estimate of drug-likeness (QED) is 0.903. The summed E-state index contributed by atoms with van der Waals surface area (Å²) in [7, 11) is 0. The van der Waals surface area contributed by atoms with Crippen LogP contribution in [0.2, 0.25) is 0 Å². The Bertz CT molecular complexity index is 584. The molecule has 1 aliphatic carbocycles. The molecule has 0 spiro atoms. The molecule has 1 saturated carbocycles. The van der Waals surface area contributed by atoms with Gasteiger partial charge in [-0.25, -0.2) is 0 Å². The molecular weight excluding hydrogens is 302 g/mol. The Hall–Kier alpha value is -1.91. The first-order chi connectivity index (χ1) is 11.6. The molecule has 1 aromatic rings. The molecule has 1 N–H and O–H groups in total. The van der Waals surface area contributed by atoms with E-state index in [4.69, 9.17) is 0 Å². The summed E-state index contributed by atoms with van der Waals surface area (Å²) in [5, 5.41) is 3.18. The molecule has 130 valence electrons. The van der Waals surface area contributed by atoms with Crippen molar-refractivity contribution in [2.24, 2.45) is 11.8 Å². The Morgan fingerprint density at radius 2 is 2.17 bits per heavy atom. The van der Waals surface area contributed by atoms with E-state index in [1.807, 2.05) is 17.0 Å². The average molecular weight is 329 g/mol. The molecular formula is C19H27N3O2. The second-order valence-electron chi connectivity index (χ2n) is 7.45. The zero-order valence-electron chi connectivity index (χ0n) is 14.6. The van der Waals surface area contributed by atoms with Gasteiger partial charge >= 0.3 is 0 Å². The van der Waals surface area contributed by atoms with Crippen LogP contribution in [0, 0.1) is 11.8 Å². The van der Waals surface area contributed by atoms with Crippen molar-refractivity contribution in [1.29, 1.82) is 0 Å². The topological polar surface area (TPSA) is 62.3 Å². The summed E-state index contributed by atoms with van der Waals surface area (Å²) in [6.07, 6.45) is 7.93. The van der Waals surface area contributed by atoms with Crippen LogP contribution >= 0.6 is 0 Å². The number of rotatable bonds is 5. The summed E-state index contributed by atoms with van der Waals surface area (Å²) < 4.78 is 0. The van der Waals surface area contributed by atoms with E-state index in [-0.39, 0.29) is 23.8 Å². The fourth-order valence-corrected chi connectivity index (χ4v) is 3.66. The summed E-state index contributed by atoms with van der Waals surface area (Å²) in [6, 6.07) is 3.97. The second kappa shape index (κ2) is 7.32. The van der Waals surface area contributed by atoms with Gasteiger partial charge in [0.1, 0.15) is 0 Å². The molecule has 0 unspecified atom stereocenters. The predicted molar refractivity (Wildman–Crippen MR) is 92.0 cm³/mol. The Morgan fingerprint density at radius 1 is 1.38 bits per heavy atom. The van der Waals surface area contributed by atoms with E-state index in [1.54, 1.807) is 12.4 Å². The van der Waals surface area contributed by atoms with E-state index in [0.29, 0.717) is 31.3 Å². The third-order valence-electron chi connectivity index (χ3n) is 5.08. The van der Waals surface area contributed by atoms with Gasteiger partial charge in [-0.2, -0.15) is 0 Å². The van der Waals surface area contributed by atoms with E-state index < -0.39 is 0 Å². The summed E-state index contributed by atoms with van der Waals surface area (Å²) in [6.45, 7) is 4.88. The zero-order valence-corrected chi connectivity index (χ0v) is 14.6. The number of hydrogen-bond acceptors (Lipinski definition) is 3.